The topological polar surface area (TPSA) is 108 Å². The van der Waals surface area contributed by atoms with Gasteiger partial charge in [0.25, 0.3) is 0 Å². The Morgan fingerprint density at radius 1 is 1.27 bits per heavy atom. The number of aromatic carboxylic acids is 1. The van der Waals surface area contributed by atoms with Crippen molar-refractivity contribution in [2.75, 3.05) is 0 Å². The van der Waals surface area contributed by atoms with E-state index in [1.807, 2.05) is 0 Å². The van der Waals surface area contributed by atoms with Crippen LogP contribution in [-0.4, -0.2) is 32.2 Å². The number of nitrogens with zero attached hydrogens (tertiary/aromatic N) is 1. The number of aliphatic carboxylic acids is 1. The lowest BCUT2D eigenvalue weighted by Crippen LogP contribution is -2.05. The summed E-state index contributed by atoms with van der Waals surface area (Å²) in [4.78, 5) is 24.5. The third-order valence-corrected chi connectivity index (χ3v) is 1.74. The smallest absolute Gasteiger partial charge is 0.354 e. The van der Waals surface area contributed by atoms with Gasteiger partial charge in [0.1, 0.15) is 11.4 Å². The SMILES string of the molecule is O=C(O)CCc1nc(C(=O)O)ccc1O. The van der Waals surface area contributed by atoms with Gasteiger partial charge in [-0.15, -0.1) is 0 Å². The predicted molar refractivity (Wildman–Crippen MR) is 48.8 cm³/mol. The Balaban J connectivity index is 2.90. The van der Waals surface area contributed by atoms with E-state index in [4.69, 9.17) is 10.2 Å². The van der Waals surface area contributed by atoms with Crippen molar-refractivity contribution in [2.24, 2.45) is 0 Å². The van der Waals surface area contributed by atoms with Crippen LogP contribution in [0.25, 0.3) is 0 Å². The fourth-order valence-corrected chi connectivity index (χ4v) is 1.02. The molecule has 15 heavy (non-hydrogen) atoms. The molecule has 6 heteroatoms. The van der Waals surface area contributed by atoms with Gasteiger partial charge in [-0.05, 0) is 12.1 Å². The second kappa shape index (κ2) is 4.41. The molecule has 0 aliphatic heterocycles. The minimum Gasteiger partial charge on any atom is -0.506 e. The van der Waals surface area contributed by atoms with Crippen LogP contribution in [0, 0.1) is 0 Å². The zero-order chi connectivity index (χ0) is 11.4. The predicted octanol–water partition coefficient (Wildman–Crippen LogP) is 0.503. The highest BCUT2D eigenvalue weighted by Gasteiger charge is 2.10. The van der Waals surface area contributed by atoms with Gasteiger partial charge in [0, 0.05) is 6.42 Å². The third kappa shape index (κ3) is 2.94. The minimum atomic E-state index is -1.22. The molecule has 0 aliphatic rings. The number of hydrogen-bond donors (Lipinski definition) is 3. The van der Waals surface area contributed by atoms with Gasteiger partial charge in [-0.3, -0.25) is 4.79 Å². The highest BCUT2D eigenvalue weighted by Crippen LogP contribution is 2.16. The molecule has 1 rings (SSSR count). The molecule has 0 unspecified atom stereocenters. The van der Waals surface area contributed by atoms with Gasteiger partial charge in [0.15, 0.2) is 0 Å². The van der Waals surface area contributed by atoms with E-state index in [9.17, 15) is 14.7 Å². The quantitative estimate of drug-likeness (QED) is 0.669. The standard InChI is InChI=1S/C9H9NO5/c11-7-3-1-6(9(14)15)10-5(7)2-4-8(12)13/h1,3,11H,2,4H2,(H,12,13)(H,14,15). The van der Waals surface area contributed by atoms with Crippen molar-refractivity contribution in [2.45, 2.75) is 12.8 Å². The van der Waals surface area contributed by atoms with Gasteiger partial charge in [0.05, 0.1) is 12.1 Å². The summed E-state index contributed by atoms with van der Waals surface area (Å²) in [7, 11) is 0. The summed E-state index contributed by atoms with van der Waals surface area (Å²) >= 11 is 0. The molecule has 1 aromatic rings. The number of aromatic nitrogens is 1. The third-order valence-electron chi connectivity index (χ3n) is 1.74. The summed E-state index contributed by atoms with van der Waals surface area (Å²) in [5.74, 6) is -2.44. The molecule has 0 saturated carbocycles. The first-order valence-corrected chi connectivity index (χ1v) is 4.14. The van der Waals surface area contributed by atoms with E-state index in [0.29, 0.717) is 0 Å². The van der Waals surface area contributed by atoms with E-state index in [1.54, 1.807) is 0 Å². The second-order valence-corrected chi connectivity index (χ2v) is 2.86. The summed E-state index contributed by atoms with van der Waals surface area (Å²) in [6, 6.07) is 2.34. The fraction of sp³-hybridized carbons (Fsp3) is 0.222. The van der Waals surface area contributed by atoms with Crippen molar-refractivity contribution >= 4 is 11.9 Å². The van der Waals surface area contributed by atoms with Gasteiger partial charge in [-0.1, -0.05) is 0 Å². The number of hydrogen-bond acceptors (Lipinski definition) is 4. The number of pyridine rings is 1. The molecule has 1 aromatic heterocycles. The molecule has 0 fully saturated rings. The van der Waals surface area contributed by atoms with Crippen LogP contribution in [0.3, 0.4) is 0 Å². The van der Waals surface area contributed by atoms with Crippen molar-refractivity contribution in [1.82, 2.24) is 4.98 Å². The first-order valence-electron chi connectivity index (χ1n) is 4.14. The van der Waals surface area contributed by atoms with Crippen LogP contribution in [0.15, 0.2) is 12.1 Å². The maximum absolute atomic E-state index is 10.5. The van der Waals surface area contributed by atoms with E-state index in [2.05, 4.69) is 4.98 Å². The lowest BCUT2D eigenvalue weighted by molar-refractivity contribution is -0.136. The minimum absolute atomic E-state index is 0.00227. The maximum Gasteiger partial charge on any atom is 0.354 e. The Labute approximate surface area is 84.8 Å². The Bertz CT molecular complexity index is 401. The number of aryl methyl sites for hydroxylation is 1. The zero-order valence-corrected chi connectivity index (χ0v) is 7.67. The van der Waals surface area contributed by atoms with Gasteiger partial charge < -0.3 is 15.3 Å². The number of rotatable bonds is 4. The molecule has 0 radical (unpaired) electrons. The first kappa shape index (κ1) is 11.0. The van der Waals surface area contributed by atoms with Crippen molar-refractivity contribution in [3.63, 3.8) is 0 Å². The number of carbonyl (C=O) groups is 2. The highest BCUT2D eigenvalue weighted by molar-refractivity contribution is 5.85. The van der Waals surface area contributed by atoms with Crippen molar-refractivity contribution in [1.29, 1.82) is 0 Å². The summed E-state index contributed by atoms with van der Waals surface area (Å²) in [6.07, 6.45) is -0.202. The van der Waals surface area contributed by atoms with E-state index >= 15 is 0 Å². The molecule has 0 aromatic carbocycles. The van der Waals surface area contributed by atoms with Crippen molar-refractivity contribution in [3.8, 4) is 5.75 Å². The van der Waals surface area contributed by atoms with Crippen molar-refractivity contribution < 1.29 is 24.9 Å². The van der Waals surface area contributed by atoms with Crippen LogP contribution in [0.1, 0.15) is 22.6 Å². The Morgan fingerprint density at radius 2 is 1.93 bits per heavy atom. The fourth-order valence-electron chi connectivity index (χ4n) is 1.02. The Hall–Kier alpha value is -2.11. The molecule has 6 nitrogen and oxygen atoms in total. The van der Waals surface area contributed by atoms with Gasteiger partial charge in [-0.25, -0.2) is 9.78 Å². The van der Waals surface area contributed by atoms with Crippen molar-refractivity contribution in [3.05, 3.63) is 23.5 Å². The Kier molecular flexibility index (Phi) is 3.22. The Morgan fingerprint density at radius 3 is 2.47 bits per heavy atom. The summed E-state index contributed by atoms with van der Waals surface area (Å²) in [5, 5.41) is 26.3. The normalized spacial score (nSPS) is 9.87. The number of carboxylic acid groups (broad SMARTS) is 2. The van der Waals surface area contributed by atoms with Crippen LogP contribution in [-0.2, 0) is 11.2 Å². The van der Waals surface area contributed by atoms with Gasteiger partial charge >= 0.3 is 11.9 Å². The highest BCUT2D eigenvalue weighted by atomic mass is 16.4. The summed E-state index contributed by atoms with van der Waals surface area (Å²) in [6.45, 7) is 0. The van der Waals surface area contributed by atoms with Crippen LogP contribution in [0.2, 0.25) is 0 Å². The molecule has 0 atom stereocenters. The zero-order valence-electron chi connectivity index (χ0n) is 7.67. The van der Waals surface area contributed by atoms with Crippen LogP contribution in [0.5, 0.6) is 5.75 Å². The molecule has 0 spiro atoms. The summed E-state index contributed by atoms with van der Waals surface area (Å²) < 4.78 is 0. The maximum atomic E-state index is 10.5. The van der Waals surface area contributed by atoms with E-state index in [1.165, 1.54) is 6.07 Å². The average molecular weight is 211 g/mol. The van der Waals surface area contributed by atoms with E-state index < -0.39 is 11.9 Å². The molecule has 0 bridgehead atoms. The van der Waals surface area contributed by atoms with Crippen LogP contribution < -0.4 is 0 Å². The molecule has 0 saturated heterocycles. The molecule has 80 valence electrons. The average Bonchev–Trinajstić information content (AvgIpc) is 2.16. The molecule has 1 heterocycles. The lowest BCUT2D eigenvalue weighted by atomic mass is 10.2. The van der Waals surface area contributed by atoms with Crippen LogP contribution in [0.4, 0.5) is 0 Å². The first-order chi connectivity index (χ1) is 7.00. The molecule has 0 amide bonds. The van der Waals surface area contributed by atoms with Gasteiger partial charge in [-0.2, -0.15) is 0 Å². The second-order valence-electron chi connectivity index (χ2n) is 2.86. The van der Waals surface area contributed by atoms with Crippen LogP contribution >= 0.6 is 0 Å². The lowest BCUT2D eigenvalue weighted by Gasteiger charge is -2.02. The largest absolute Gasteiger partial charge is 0.506 e. The molecule has 3 N–H and O–H groups in total. The van der Waals surface area contributed by atoms with E-state index in [-0.39, 0.29) is 30.0 Å². The van der Waals surface area contributed by atoms with Gasteiger partial charge in [0.2, 0.25) is 0 Å². The van der Waals surface area contributed by atoms with E-state index in [0.717, 1.165) is 6.07 Å². The molecular formula is C9H9NO5. The number of carboxylic acids is 2. The number of aromatic hydroxyl groups is 1. The molecular weight excluding hydrogens is 202 g/mol. The molecule has 0 aliphatic carbocycles. The summed E-state index contributed by atoms with van der Waals surface area (Å²) in [5.41, 5.74) is -0.134. The monoisotopic (exact) mass is 211 g/mol.